The maximum absolute atomic E-state index is 3.67. The van der Waals surface area contributed by atoms with Crippen molar-refractivity contribution >= 4 is 0 Å². The van der Waals surface area contributed by atoms with E-state index in [2.05, 4.69) is 26.1 Å². The summed E-state index contributed by atoms with van der Waals surface area (Å²) in [7, 11) is 0. The minimum Gasteiger partial charge on any atom is -0.314 e. The van der Waals surface area contributed by atoms with Crippen LogP contribution in [0.5, 0.6) is 0 Å². The molecule has 1 N–H and O–H groups in total. The highest BCUT2D eigenvalue weighted by molar-refractivity contribution is 4.79. The molecule has 0 radical (unpaired) electrons. The second-order valence-electron chi connectivity index (χ2n) is 4.77. The van der Waals surface area contributed by atoms with Crippen LogP contribution in [0, 0.1) is 11.8 Å². The number of hydrogen-bond acceptors (Lipinski definition) is 1. The van der Waals surface area contributed by atoms with E-state index in [9.17, 15) is 0 Å². The fourth-order valence-corrected chi connectivity index (χ4v) is 2.22. The zero-order chi connectivity index (χ0) is 9.68. The highest BCUT2D eigenvalue weighted by atomic mass is 14.9. The molecule has 0 bridgehead atoms. The van der Waals surface area contributed by atoms with Crippen molar-refractivity contribution in [1.29, 1.82) is 0 Å². The molecule has 13 heavy (non-hydrogen) atoms. The average molecular weight is 183 g/mol. The molecule has 1 saturated carbocycles. The molecule has 0 aliphatic heterocycles. The number of nitrogens with one attached hydrogen (secondary N) is 1. The van der Waals surface area contributed by atoms with Gasteiger partial charge < -0.3 is 5.32 Å². The summed E-state index contributed by atoms with van der Waals surface area (Å²) in [6.07, 6.45) is 6.86. The molecule has 1 aliphatic rings. The van der Waals surface area contributed by atoms with Gasteiger partial charge in [-0.3, -0.25) is 0 Å². The first-order valence-corrected chi connectivity index (χ1v) is 5.97. The van der Waals surface area contributed by atoms with Gasteiger partial charge in [0.05, 0.1) is 0 Å². The molecule has 1 rings (SSSR count). The monoisotopic (exact) mass is 183 g/mol. The van der Waals surface area contributed by atoms with Gasteiger partial charge in [0.25, 0.3) is 0 Å². The summed E-state index contributed by atoms with van der Waals surface area (Å²) in [6.45, 7) is 8.28. The van der Waals surface area contributed by atoms with Crippen LogP contribution in [0.4, 0.5) is 0 Å². The lowest BCUT2D eigenvalue weighted by Gasteiger charge is -2.32. The Labute approximate surface area is 83.3 Å². The molecule has 1 nitrogen and oxygen atoms in total. The third-order valence-electron chi connectivity index (χ3n) is 3.56. The van der Waals surface area contributed by atoms with Gasteiger partial charge >= 0.3 is 0 Å². The van der Waals surface area contributed by atoms with Crippen molar-refractivity contribution in [3.63, 3.8) is 0 Å². The molecule has 0 spiro atoms. The van der Waals surface area contributed by atoms with Crippen LogP contribution in [0.3, 0.4) is 0 Å². The molecule has 0 aromatic rings. The molecule has 1 fully saturated rings. The zero-order valence-electron chi connectivity index (χ0n) is 9.47. The first kappa shape index (κ1) is 11.0. The topological polar surface area (TPSA) is 12.0 Å². The smallest absolute Gasteiger partial charge is 0.00698 e. The summed E-state index contributed by atoms with van der Waals surface area (Å²) >= 11 is 0. The first-order chi connectivity index (χ1) is 6.24. The van der Waals surface area contributed by atoms with Gasteiger partial charge in [-0.25, -0.2) is 0 Å². The Morgan fingerprint density at radius 1 is 1.15 bits per heavy atom. The van der Waals surface area contributed by atoms with E-state index in [0.29, 0.717) is 0 Å². The largest absolute Gasteiger partial charge is 0.314 e. The number of rotatable bonds is 4. The minimum absolute atomic E-state index is 0.817. The van der Waals surface area contributed by atoms with Crippen molar-refractivity contribution < 1.29 is 0 Å². The molecule has 1 heteroatoms. The van der Waals surface area contributed by atoms with E-state index >= 15 is 0 Å². The van der Waals surface area contributed by atoms with E-state index in [1.54, 1.807) is 0 Å². The lowest BCUT2D eigenvalue weighted by atomic mass is 9.79. The van der Waals surface area contributed by atoms with Gasteiger partial charge in [-0.05, 0) is 44.1 Å². The quantitative estimate of drug-likeness (QED) is 0.660. The van der Waals surface area contributed by atoms with E-state index in [0.717, 1.165) is 17.9 Å². The van der Waals surface area contributed by atoms with Crippen LogP contribution in [-0.4, -0.2) is 12.6 Å². The van der Waals surface area contributed by atoms with Gasteiger partial charge in [-0.2, -0.15) is 0 Å². The Morgan fingerprint density at radius 2 is 1.92 bits per heavy atom. The first-order valence-electron chi connectivity index (χ1n) is 5.97. The van der Waals surface area contributed by atoms with Gasteiger partial charge in [-0.15, -0.1) is 0 Å². The van der Waals surface area contributed by atoms with Crippen molar-refractivity contribution in [3.8, 4) is 0 Å². The predicted molar refractivity (Wildman–Crippen MR) is 58.9 cm³/mol. The molecule has 3 atom stereocenters. The van der Waals surface area contributed by atoms with Crippen molar-refractivity contribution in [1.82, 2.24) is 5.32 Å². The number of unbranched alkanes of at least 4 members (excludes halogenated alkanes) is 1. The average Bonchev–Trinajstić information content (AvgIpc) is 2.12. The summed E-state index contributed by atoms with van der Waals surface area (Å²) in [5, 5.41) is 3.67. The van der Waals surface area contributed by atoms with Gasteiger partial charge in [-0.1, -0.05) is 27.2 Å². The standard InChI is InChI=1S/C12H25N/c1-4-5-8-13-12-7-6-10(2)11(3)9-12/h10-13H,4-9H2,1-3H3/t10-,11+,12-/m0/s1. The normalized spacial score (nSPS) is 34.8. The highest BCUT2D eigenvalue weighted by Crippen LogP contribution is 2.29. The van der Waals surface area contributed by atoms with Crippen LogP contribution in [0.1, 0.15) is 52.9 Å². The van der Waals surface area contributed by atoms with Crippen molar-refractivity contribution in [3.05, 3.63) is 0 Å². The fraction of sp³-hybridized carbons (Fsp3) is 1.00. The summed E-state index contributed by atoms with van der Waals surface area (Å²) in [4.78, 5) is 0. The van der Waals surface area contributed by atoms with Crippen LogP contribution in [0.25, 0.3) is 0 Å². The Kier molecular flexibility index (Phi) is 4.79. The van der Waals surface area contributed by atoms with E-state index in [1.165, 1.54) is 38.6 Å². The second-order valence-corrected chi connectivity index (χ2v) is 4.77. The zero-order valence-corrected chi connectivity index (χ0v) is 9.47. The Hall–Kier alpha value is -0.0400. The van der Waals surface area contributed by atoms with Crippen molar-refractivity contribution in [2.24, 2.45) is 11.8 Å². The minimum atomic E-state index is 0.817. The van der Waals surface area contributed by atoms with E-state index < -0.39 is 0 Å². The molecule has 1 aliphatic carbocycles. The highest BCUT2D eigenvalue weighted by Gasteiger charge is 2.23. The Balaban J connectivity index is 2.14. The second kappa shape index (κ2) is 5.64. The van der Waals surface area contributed by atoms with Crippen LogP contribution in [-0.2, 0) is 0 Å². The molecule has 0 saturated heterocycles. The maximum Gasteiger partial charge on any atom is 0.00698 e. The Bertz CT molecular complexity index is 133. The van der Waals surface area contributed by atoms with Gasteiger partial charge in [0, 0.05) is 6.04 Å². The third-order valence-corrected chi connectivity index (χ3v) is 3.56. The van der Waals surface area contributed by atoms with E-state index in [4.69, 9.17) is 0 Å². The summed E-state index contributed by atoms with van der Waals surface area (Å²) in [5.74, 6) is 1.87. The van der Waals surface area contributed by atoms with Crippen molar-refractivity contribution in [2.75, 3.05) is 6.54 Å². The lowest BCUT2D eigenvalue weighted by molar-refractivity contribution is 0.226. The summed E-state index contributed by atoms with van der Waals surface area (Å²) < 4.78 is 0. The molecule has 0 aromatic heterocycles. The fourth-order valence-electron chi connectivity index (χ4n) is 2.22. The summed E-state index contributed by atoms with van der Waals surface area (Å²) in [5.41, 5.74) is 0. The number of hydrogen-bond donors (Lipinski definition) is 1. The molecule has 0 aromatic carbocycles. The van der Waals surface area contributed by atoms with Gasteiger partial charge in [0.15, 0.2) is 0 Å². The third kappa shape index (κ3) is 3.68. The van der Waals surface area contributed by atoms with Crippen molar-refractivity contribution in [2.45, 2.75) is 58.9 Å². The summed E-state index contributed by atoms with van der Waals surface area (Å²) in [6, 6.07) is 0.817. The van der Waals surface area contributed by atoms with E-state index in [-0.39, 0.29) is 0 Å². The van der Waals surface area contributed by atoms with Gasteiger partial charge in [0.1, 0.15) is 0 Å². The SMILES string of the molecule is CCCCN[C@H]1CC[C@H](C)[C@H](C)C1. The predicted octanol–water partition coefficient (Wildman–Crippen LogP) is 3.20. The van der Waals surface area contributed by atoms with Crippen LogP contribution in [0.2, 0.25) is 0 Å². The molecular weight excluding hydrogens is 158 g/mol. The molecule has 0 amide bonds. The molecule has 0 unspecified atom stereocenters. The van der Waals surface area contributed by atoms with Crippen LogP contribution < -0.4 is 5.32 Å². The lowest BCUT2D eigenvalue weighted by Crippen LogP contribution is -2.36. The van der Waals surface area contributed by atoms with Gasteiger partial charge in [0.2, 0.25) is 0 Å². The molecular formula is C12H25N. The molecule has 0 heterocycles. The van der Waals surface area contributed by atoms with Crippen LogP contribution in [0.15, 0.2) is 0 Å². The molecule has 78 valence electrons. The maximum atomic E-state index is 3.67. The van der Waals surface area contributed by atoms with E-state index in [1.807, 2.05) is 0 Å². The Morgan fingerprint density at radius 3 is 2.54 bits per heavy atom. The van der Waals surface area contributed by atoms with Crippen LogP contribution >= 0.6 is 0 Å².